The van der Waals surface area contributed by atoms with Crippen LogP contribution in [-0.2, 0) is 4.74 Å². The van der Waals surface area contributed by atoms with E-state index in [1.54, 1.807) is 0 Å². The first-order valence-electron chi connectivity index (χ1n) is 7.91. The highest BCUT2D eigenvalue weighted by molar-refractivity contribution is 4.84. The van der Waals surface area contributed by atoms with Gasteiger partial charge in [0.2, 0.25) is 0 Å². The molecule has 1 aliphatic rings. The number of rotatable bonds is 5. The van der Waals surface area contributed by atoms with Crippen LogP contribution >= 0.6 is 0 Å². The summed E-state index contributed by atoms with van der Waals surface area (Å²) >= 11 is 0. The molecule has 0 aromatic rings. The molecule has 0 unspecified atom stereocenters. The molecule has 1 rings (SSSR count). The SMILES string of the molecule is CC.CC.CC.CCCCC1(CCC)COC1. The van der Waals surface area contributed by atoms with Crippen LogP contribution in [0.15, 0.2) is 0 Å². The maximum Gasteiger partial charge on any atom is 0.0544 e. The molecule has 0 radical (unpaired) electrons. The molecule has 17 heavy (non-hydrogen) atoms. The standard InChI is InChI=1S/C10H20O.3C2H6/c1-3-5-7-10(6-4-2)8-11-9-10;3*1-2/h3-9H2,1-2H3;3*1-2H3. The Kier molecular flexibility index (Phi) is 23.9. The zero-order valence-electron chi connectivity index (χ0n) is 13.9. The fraction of sp³-hybridized carbons (Fsp3) is 1.00. The molecule has 0 aliphatic carbocycles. The van der Waals surface area contributed by atoms with Crippen molar-refractivity contribution in [3.63, 3.8) is 0 Å². The highest BCUT2D eigenvalue weighted by Crippen LogP contribution is 2.37. The van der Waals surface area contributed by atoms with E-state index in [9.17, 15) is 0 Å². The Morgan fingerprint density at radius 1 is 0.765 bits per heavy atom. The Morgan fingerprint density at radius 2 is 1.24 bits per heavy atom. The number of hydrogen-bond donors (Lipinski definition) is 0. The van der Waals surface area contributed by atoms with Crippen molar-refractivity contribution < 1.29 is 4.74 Å². The average molecular weight is 246 g/mol. The maximum atomic E-state index is 5.29. The summed E-state index contributed by atoms with van der Waals surface area (Å²) in [5.41, 5.74) is 0.602. The van der Waals surface area contributed by atoms with Gasteiger partial charge in [0.05, 0.1) is 13.2 Å². The highest BCUT2D eigenvalue weighted by Gasteiger charge is 2.36. The third-order valence-electron chi connectivity index (χ3n) is 2.66. The van der Waals surface area contributed by atoms with E-state index in [1.807, 2.05) is 41.5 Å². The van der Waals surface area contributed by atoms with E-state index < -0.39 is 0 Å². The third kappa shape index (κ3) is 10.8. The zero-order chi connectivity index (χ0) is 14.2. The predicted octanol–water partition coefficient (Wildman–Crippen LogP) is 6.07. The normalized spacial score (nSPS) is 14.8. The van der Waals surface area contributed by atoms with Crippen molar-refractivity contribution in [2.75, 3.05) is 13.2 Å². The van der Waals surface area contributed by atoms with E-state index in [0.717, 1.165) is 13.2 Å². The first-order chi connectivity index (χ1) is 8.33. The monoisotopic (exact) mass is 246 g/mol. The first kappa shape index (κ1) is 22.2. The van der Waals surface area contributed by atoms with Crippen LogP contribution in [0.5, 0.6) is 0 Å². The summed E-state index contributed by atoms with van der Waals surface area (Å²) in [5, 5.41) is 0. The zero-order valence-corrected chi connectivity index (χ0v) is 13.9. The summed E-state index contributed by atoms with van der Waals surface area (Å²) in [7, 11) is 0. The Morgan fingerprint density at radius 3 is 1.47 bits per heavy atom. The quantitative estimate of drug-likeness (QED) is 0.572. The van der Waals surface area contributed by atoms with Gasteiger partial charge in [0.1, 0.15) is 0 Å². The first-order valence-corrected chi connectivity index (χ1v) is 7.91. The van der Waals surface area contributed by atoms with Gasteiger partial charge >= 0.3 is 0 Å². The minimum absolute atomic E-state index is 0.602. The molecule has 1 heterocycles. The van der Waals surface area contributed by atoms with Crippen LogP contribution in [0.2, 0.25) is 0 Å². The second kappa shape index (κ2) is 18.3. The molecular weight excluding hydrogens is 208 g/mol. The van der Waals surface area contributed by atoms with Crippen molar-refractivity contribution in [3.8, 4) is 0 Å². The predicted molar refractivity (Wildman–Crippen MR) is 81.7 cm³/mol. The molecule has 0 atom stereocenters. The molecule has 1 nitrogen and oxygen atoms in total. The summed E-state index contributed by atoms with van der Waals surface area (Å²) in [5.74, 6) is 0. The second-order valence-electron chi connectivity index (χ2n) is 3.85. The van der Waals surface area contributed by atoms with E-state index >= 15 is 0 Å². The van der Waals surface area contributed by atoms with E-state index in [4.69, 9.17) is 4.74 Å². The fourth-order valence-corrected chi connectivity index (χ4v) is 1.89. The third-order valence-corrected chi connectivity index (χ3v) is 2.66. The van der Waals surface area contributed by atoms with Crippen LogP contribution in [0.4, 0.5) is 0 Å². The van der Waals surface area contributed by atoms with Gasteiger partial charge in [-0.15, -0.1) is 0 Å². The van der Waals surface area contributed by atoms with Crippen molar-refractivity contribution in [3.05, 3.63) is 0 Å². The minimum Gasteiger partial charge on any atom is -0.380 e. The lowest BCUT2D eigenvalue weighted by Gasteiger charge is -2.41. The number of unbranched alkanes of at least 4 members (excludes halogenated alkanes) is 1. The summed E-state index contributed by atoms with van der Waals surface area (Å²) < 4.78 is 5.29. The molecule has 1 heteroatoms. The lowest BCUT2D eigenvalue weighted by Crippen LogP contribution is -2.42. The summed E-state index contributed by atoms with van der Waals surface area (Å²) in [6.45, 7) is 18.6. The number of ether oxygens (including phenoxy) is 1. The van der Waals surface area contributed by atoms with Gasteiger partial charge in [-0.3, -0.25) is 0 Å². The van der Waals surface area contributed by atoms with E-state index in [0.29, 0.717) is 5.41 Å². The van der Waals surface area contributed by atoms with Crippen molar-refractivity contribution in [1.29, 1.82) is 0 Å². The molecule has 0 N–H and O–H groups in total. The smallest absolute Gasteiger partial charge is 0.0544 e. The van der Waals surface area contributed by atoms with Gasteiger partial charge in [0, 0.05) is 5.41 Å². The topological polar surface area (TPSA) is 9.23 Å². The van der Waals surface area contributed by atoms with Crippen LogP contribution in [0.3, 0.4) is 0 Å². The van der Waals surface area contributed by atoms with Crippen molar-refractivity contribution in [1.82, 2.24) is 0 Å². The van der Waals surface area contributed by atoms with Crippen molar-refractivity contribution >= 4 is 0 Å². The molecular formula is C16H38O. The lowest BCUT2D eigenvalue weighted by molar-refractivity contribution is -0.122. The summed E-state index contributed by atoms with van der Waals surface area (Å²) in [4.78, 5) is 0. The molecule has 0 aromatic heterocycles. The minimum atomic E-state index is 0.602. The van der Waals surface area contributed by atoms with Gasteiger partial charge in [0.25, 0.3) is 0 Å². The lowest BCUT2D eigenvalue weighted by atomic mass is 9.77. The molecule has 0 aromatic carbocycles. The van der Waals surface area contributed by atoms with Crippen LogP contribution in [0.1, 0.15) is 87.5 Å². The van der Waals surface area contributed by atoms with Crippen LogP contribution < -0.4 is 0 Å². The van der Waals surface area contributed by atoms with E-state index in [1.165, 1.54) is 32.1 Å². The molecule has 0 amide bonds. The second-order valence-corrected chi connectivity index (χ2v) is 3.85. The van der Waals surface area contributed by atoms with Crippen molar-refractivity contribution in [2.24, 2.45) is 5.41 Å². The Hall–Kier alpha value is -0.0400. The van der Waals surface area contributed by atoms with Crippen LogP contribution in [0, 0.1) is 5.41 Å². The molecule has 1 fully saturated rings. The van der Waals surface area contributed by atoms with Gasteiger partial charge < -0.3 is 4.74 Å². The van der Waals surface area contributed by atoms with Crippen LogP contribution in [0.25, 0.3) is 0 Å². The van der Waals surface area contributed by atoms with Gasteiger partial charge in [-0.25, -0.2) is 0 Å². The van der Waals surface area contributed by atoms with Gasteiger partial charge in [0.15, 0.2) is 0 Å². The molecule has 1 aliphatic heterocycles. The molecule has 1 saturated heterocycles. The largest absolute Gasteiger partial charge is 0.380 e. The van der Waals surface area contributed by atoms with Gasteiger partial charge in [-0.05, 0) is 12.8 Å². The van der Waals surface area contributed by atoms with Crippen molar-refractivity contribution in [2.45, 2.75) is 87.5 Å². The Labute approximate surface area is 111 Å². The van der Waals surface area contributed by atoms with E-state index in [2.05, 4.69) is 13.8 Å². The molecule has 0 saturated carbocycles. The Balaban J connectivity index is -0.000000285. The average Bonchev–Trinajstić information content (AvgIpc) is 2.40. The fourth-order valence-electron chi connectivity index (χ4n) is 1.89. The Bertz CT molecular complexity index is 106. The maximum absolute atomic E-state index is 5.29. The van der Waals surface area contributed by atoms with Gasteiger partial charge in [-0.2, -0.15) is 0 Å². The summed E-state index contributed by atoms with van der Waals surface area (Å²) in [6, 6.07) is 0. The molecule has 108 valence electrons. The van der Waals surface area contributed by atoms with Gasteiger partial charge in [-0.1, -0.05) is 74.7 Å². The molecule has 0 spiro atoms. The highest BCUT2D eigenvalue weighted by atomic mass is 16.5. The van der Waals surface area contributed by atoms with Crippen LogP contribution in [-0.4, -0.2) is 13.2 Å². The summed E-state index contributed by atoms with van der Waals surface area (Å²) in [6.07, 6.45) is 6.77. The number of hydrogen-bond acceptors (Lipinski definition) is 1. The van der Waals surface area contributed by atoms with E-state index in [-0.39, 0.29) is 0 Å². The molecule has 0 bridgehead atoms.